The summed E-state index contributed by atoms with van der Waals surface area (Å²) in [5.74, 6) is 0.230. The first-order valence-electron chi connectivity index (χ1n) is 10.8. The van der Waals surface area contributed by atoms with E-state index in [4.69, 9.17) is 11.6 Å². The van der Waals surface area contributed by atoms with Crippen LogP contribution in [-0.4, -0.2) is 59.9 Å². The summed E-state index contributed by atoms with van der Waals surface area (Å²) in [4.78, 5) is 20.4. The zero-order valence-corrected chi connectivity index (χ0v) is 17.7. The second kappa shape index (κ2) is 9.75. The predicted octanol–water partition coefficient (Wildman–Crippen LogP) is 4.21. The number of amides is 1. The van der Waals surface area contributed by atoms with Crippen LogP contribution in [0.2, 0.25) is 5.02 Å². The van der Waals surface area contributed by atoms with Gasteiger partial charge in [-0.2, -0.15) is 0 Å². The van der Waals surface area contributed by atoms with Crippen molar-refractivity contribution >= 4 is 17.5 Å². The van der Waals surface area contributed by atoms with Gasteiger partial charge in [-0.3, -0.25) is 9.69 Å². The molecule has 0 aliphatic carbocycles. The number of piperidine rings is 1. The van der Waals surface area contributed by atoms with Crippen molar-refractivity contribution < 1.29 is 4.79 Å². The number of hydrogen-bond acceptors (Lipinski definition) is 3. The summed E-state index contributed by atoms with van der Waals surface area (Å²) in [7, 11) is 0. The van der Waals surface area contributed by atoms with Crippen LogP contribution in [0.25, 0.3) is 0 Å². The summed E-state index contributed by atoms with van der Waals surface area (Å²) in [5, 5.41) is 0.743. The van der Waals surface area contributed by atoms with E-state index in [0.717, 1.165) is 43.3 Å². The average molecular weight is 412 g/mol. The van der Waals surface area contributed by atoms with Crippen molar-refractivity contribution in [2.75, 3.05) is 39.3 Å². The van der Waals surface area contributed by atoms with Gasteiger partial charge < -0.3 is 9.80 Å². The molecule has 0 bridgehead atoms. The molecule has 4 nitrogen and oxygen atoms in total. The van der Waals surface area contributed by atoms with E-state index in [0.29, 0.717) is 0 Å². The Hall–Kier alpha value is -1.88. The lowest BCUT2D eigenvalue weighted by Gasteiger charge is -2.41. The third-order valence-corrected chi connectivity index (χ3v) is 6.37. The molecule has 0 aromatic heterocycles. The van der Waals surface area contributed by atoms with E-state index in [-0.39, 0.29) is 11.9 Å². The van der Waals surface area contributed by atoms with Gasteiger partial charge in [0.15, 0.2) is 0 Å². The summed E-state index contributed by atoms with van der Waals surface area (Å²) in [5.41, 5.74) is 2.26. The maximum Gasteiger partial charge on any atom is 0.244 e. The quantitative estimate of drug-likeness (QED) is 0.712. The highest BCUT2D eigenvalue weighted by Crippen LogP contribution is 2.28. The standard InChI is InChI=1S/C24H30ClN3O/c25-22-11-9-20(10-12-22)19-28-18-17-27(16-15-26-13-5-2-6-14-26)24(29)23(28)21-7-3-1-4-8-21/h1,3-4,7-12,23H,2,5-6,13-19H2. The Bertz CT molecular complexity index is 790. The first-order chi connectivity index (χ1) is 14.2. The maximum absolute atomic E-state index is 13.5. The minimum Gasteiger partial charge on any atom is -0.338 e. The third kappa shape index (κ3) is 5.19. The van der Waals surface area contributed by atoms with Crippen molar-refractivity contribution in [2.24, 2.45) is 0 Å². The molecule has 154 valence electrons. The minimum absolute atomic E-state index is 0.220. The van der Waals surface area contributed by atoms with Crippen molar-refractivity contribution in [3.8, 4) is 0 Å². The monoisotopic (exact) mass is 411 g/mol. The molecule has 2 saturated heterocycles. The van der Waals surface area contributed by atoms with Gasteiger partial charge in [-0.15, -0.1) is 0 Å². The normalized spacial score (nSPS) is 21.5. The Morgan fingerprint density at radius 2 is 1.55 bits per heavy atom. The Labute approximate surface area is 179 Å². The van der Waals surface area contributed by atoms with Crippen LogP contribution in [0.1, 0.15) is 36.4 Å². The number of rotatable bonds is 6. The summed E-state index contributed by atoms with van der Waals surface area (Å²) >= 11 is 6.04. The van der Waals surface area contributed by atoms with E-state index in [1.807, 2.05) is 30.3 Å². The van der Waals surface area contributed by atoms with Crippen molar-refractivity contribution in [2.45, 2.75) is 31.8 Å². The first kappa shape index (κ1) is 20.4. The summed E-state index contributed by atoms with van der Waals surface area (Å²) < 4.78 is 0. The molecule has 2 aromatic carbocycles. The van der Waals surface area contributed by atoms with Gasteiger partial charge in [0.25, 0.3) is 0 Å². The highest BCUT2D eigenvalue weighted by Gasteiger charge is 2.35. The molecule has 2 aromatic rings. The summed E-state index contributed by atoms with van der Waals surface area (Å²) in [6, 6.07) is 17.9. The van der Waals surface area contributed by atoms with Crippen molar-refractivity contribution in [1.29, 1.82) is 0 Å². The van der Waals surface area contributed by atoms with Crippen LogP contribution in [0.4, 0.5) is 0 Å². The smallest absolute Gasteiger partial charge is 0.244 e. The van der Waals surface area contributed by atoms with E-state index >= 15 is 0 Å². The fourth-order valence-electron chi connectivity index (χ4n) is 4.47. The fraction of sp³-hybridized carbons (Fsp3) is 0.458. The van der Waals surface area contributed by atoms with Crippen LogP contribution in [0.5, 0.6) is 0 Å². The number of carbonyl (C=O) groups excluding carboxylic acids is 1. The van der Waals surface area contributed by atoms with E-state index in [1.54, 1.807) is 0 Å². The van der Waals surface area contributed by atoms with E-state index in [9.17, 15) is 4.79 Å². The van der Waals surface area contributed by atoms with Crippen molar-refractivity contribution in [1.82, 2.24) is 14.7 Å². The first-order valence-corrected chi connectivity index (χ1v) is 11.1. The lowest BCUT2D eigenvalue weighted by molar-refractivity contribution is -0.142. The van der Waals surface area contributed by atoms with Crippen LogP contribution in [-0.2, 0) is 11.3 Å². The van der Waals surface area contributed by atoms with E-state index in [2.05, 4.69) is 39.0 Å². The lowest BCUT2D eigenvalue weighted by Crippen LogP contribution is -2.53. The molecule has 4 rings (SSSR count). The number of hydrogen-bond donors (Lipinski definition) is 0. The topological polar surface area (TPSA) is 26.8 Å². The molecule has 0 N–H and O–H groups in total. The molecule has 2 heterocycles. The molecule has 1 atom stereocenters. The number of carbonyl (C=O) groups is 1. The van der Waals surface area contributed by atoms with Gasteiger partial charge in [-0.25, -0.2) is 0 Å². The zero-order valence-electron chi connectivity index (χ0n) is 17.0. The van der Waals surface area contributed by atoms with Crippen LogP contribution in [0, 0.1) is 0 Å². The molecular formula is C24H30ClN3O. The predicted molar refractivity (Wildman–Crippen MR) is 118 cm³/mol. The molecule has 29 heavy (non-hydrogen) atoms. The Morgan fingerprint density at radius 1 is 0.828 bits per heavy atom. The molecule has 1 amide bonds. The second-order valence-corrected chi connectivity index (χ2v) is 8.57. The van der Waals surface area contributed by atoms with Gasteiger partial charge in [-0.1, -0.05) is 60.5 Å². The molecule has 0 saturated carbocycles. The largest absolute Gasteiger partial charge is 0.338 e. The highest BCUT2D eigenvalue weighted by atomic mass is 35.5. The molecule has 2 aliphatic rings. The van der Waals surface area contributed by atoms with Crippen LogP contribution in [0.15, 0.2) is 54.6 Å². The number of benzene rings is 2. The molecule has 0 spiro atoms. The Morgan fingerprint density at radius 3 is 2.28 bits per heavy atom. The molecule has 0 radical (unpaired) electrons. The van der Waals surface area contributed by atoms with Gasteiger partial charge in [0.05, 0.1) is 0 Å². The van der Waals surface area contributed by atoms with Gasteiger partial charge in [0.2, 0.25) is 5.91 Å². The van der Waals surface area contributed by atoms with Crippen molar-refractivity contribution in [3.05, 3.63) is 70.7 Å². The van der Waals surface area contributed by atoms with E-state index in [1.165, 1.54) is 37.9 Å². The molecule has 5 heteroatoms. The molecular weight excluding hydrogens is 382 g/mol. The number of halogens is 1. The van der Waals surface area contributed by atoms with Crippen molar-refractivity contribution in [3.63, 3.8) is 0 Å². The third-order valence-electron chi connectivity index (χ3n) is 6.12. The minimum atomic E-state index is -0.220. The maximum atomic E-state index is 13.5. The van der Waals surface area contributed by atoms with Crippen LogP contribution < -0.4 is 0 Å². The number of nitrogens with zero attached hydrogens (tertiary/aromatic N) is 3. The SMILES string of the molecule is O=C1C(c2ccccc2)N(Cc2ccc(Cl)cc2)CCN1CCN1CCCCC1. The van der Waals surface area contributed by atoms with Crippen LogP contribution in [0.3, 0.4) is 0 Å². The molecule has 2 aliphatic heterocycles. The van der Waals surface area contributed by atoms with Gasteiger partial charge in [0.1, 0.15) is 6.04 Å². The highest BCUT2D eigenvalue weighted by molar-refractivity contribution is 6.30. The fourth-order valence-corrected chi connectivity index (χ4v) is 4.59. The summed E-state index contributed by atoms with van der Waals surface area (Å²) in [6.07, 6.45) is 3.92. The Balaban J connectivity index is 1.48. The average Bonchev–Trinajstić information content (AvgIpc) is 2.76. The van der Waals surface area contributed by atoms with Gasteiger partial charge in [0, 0.05) is 37.7 Å². The van der Waals surface area contributed by atoms with E-state index < -0.39 is 0 Å². The summed E-state index contributed by atoms with van der Waals surface area (Å²) in [6.45, 7) is 6.60. The van der Waals surface area contributed by atoms with Gasteiger partial charge in [-0.05, 0) is 49.2 Å². The molecule has 2 fully saturated rings. The lowest BCUT2D eigenvalue weighted by atomic mass is 10.00. The zero-order chi connectivity index (χ0) is 20.1. The number of piperazine rings is 1. The Kier molecular flexibility index (Phi) is 6.86. The van der Waals surface area contributed by atoms with Gasteiger partial charge >= 0.3 is 0 Å². The molecule has 1 unspecified atom stereocenters. The van der Waals surface area contributed by atoms with Crippen LogP contribution >= 0.6 is 11.6 Å². The second-order valence-electron chi connectivity index (χ2n) is 8.14. The number of likely N-dealkylation sites (tertiary alicyclic amines) is 1.